The predicted octanol–water partition coefficient (Wildman–Crippen LogP) is 31.8. The number of anilines is 6. The van der Waals surface area contributed by atoms with E-state index in [1.165, 1.54) is 66.4 Å². The Hall–Kier alpha value is -10.7. The van der Waals surface area contributed by atoms with Crippen molar-refractivity contribution >= 4 is 79.0 Å². The maximum Gasteiger partial charge on any atom is 0.252 e. The van der Waals surface area contributed by atoms with Crippen molar-refractivity contribution in [2.75, 3.05) is 9.80 Å². The summed E-state index contributed by atoms with van der Waals surface area (Å²) in [6.45, 7) is 69.2. The smallest absolute Gasteiger partial charge is 0.252 e. The first-order valence-electron chi connectivity index (χ1n) is 47.1. The summed E-state index contributed by atoms with van der Waals surface area (Å²) in [6, 6.07) is 86.0. The van der Waals surface area contributed by atoms with E-state index in [4.69, 9.17) is 1.37 Å². The van der Waals surface area contributed by atoms with Crippen LogP contribution >= 0.6 is 0 Å². The van der Waals surface area contributed by atoms with Crippen LogP contribution in [0, 0.1) is 0 Å². The van der Waals surface area contributed by atoms with E-state index in [-0.39, 0.29) is 83.9 Å². The molecule has 0 bridgehead atoms. The van der Waals surface area contributed by atoms with Crippen molar-refractivity contribution in [1.82, 2.24) is 4.57 Å². The summed E-state index contributed by atoms with van der Waals surface area (Å²) in [4.78, 5) is 5.30. The molecule has 622 valence electrons. The third kappa shape index (κ3) is 15.5. The van der Waals surface area contributed by atoms with Gasteiger partial charge in [-0.25, -0.2) is 0 Å². The summed E-state index contributed by atoms with van der Waals surface area (Å²) in [7, 11) is 0. The first-order valence-corrected chi connectivity index (χ1v) is 44.6. The molecule has 13 aromatic carbocycles. The van der Waals surface area contributed by atoms with Crippen LogP contribution < -0.4 is 26.2 Å². The Balaban J connectivity index is 1.19. The second-order valence-corrected chi connectivity index (χ2v) is 45.7. The van der Waals surface area contributed by atoms with Crippen LogP contribution in [0.5, 0.6) is 0 Å². The Bertz CT molecular complexity index is 6640. The van der Waals surface area contributed by atoms with Gasteiger partial charge in [-0.2, -0.15) is 0 Å². The highest BCUT2D eigenvalue weighted by Crippen LogP contribution is 2.57. The average Bonchev–Trinajstić information content (AvgIpc) is 1.42. The van der Waals surface area contributed by atoms with E-state index in [9.17, 15) is 5.48 Å². The van der Waals surface area contributed by atoms with Crippen LogP contribution in [0.4, 0.5) is 34.1 Å². The largest absolute Gasteiger partial charge is 0.310 e. The number of hydrogen-bond acceptors (Lipinski definition) is 2. The molecule has 122 heavy (non-hydrogen) atoms. The van der Waals surface area contributed by atoms with Gasteiger partial charge in [0.05, 0.1) is 34.9 Å². The summed E-state index contributed by atoms with van der Waals surface area (Å²) in [5, 5.41) is 2.34. The van der Waals surface area contributed by atoms with E-state index in [0.29, 0.717) is 5.56 Å². The molecule has 3 nitrogen and oxygen atoms in total. The molecule has 0 atom stereocenters. The molecule has 16 rings (SSSR count). The van der Waals surface area contributed by atoms with E-state index >= 15 is 0 Å². The number of para-hydroxylation sites is 2. The van der Waals surface area contributed by atoms with Crippen LogP contribution in [0.3, 0.4) is 0 Å². The van der Waals surface area contributed by atoms with Crippen LogP contribution in [-0.2, 0) is 54.1 Å². The van der Waals surface area contributed by atoms with Crippen LogP contribution in [0.15, 0.2) is 255 Å². The zero-order valence-corrected chi connectivity index (χ0v) is 78.8. The van der Waals surface area contributed by atoms with Crippen LogP contribution in [0.25, 0.3) is 94.3 Å². The van der Waals surface area contributed by atoms with Gasteiger partial charge in [0.1, 0.15) is 0 Å². The van der Waals surface area contributed by atoms with Crippen molar-refractivity contribution in [2.45, 2.75) is 262 Å². The zero-order valence-electron chi connectivity index (χ0n) is 83.8. The molecule has 1 aromatic heterocycles. The van der Waals surface area contributed by atoms with Crippen LogP contribution in [0.1, 0.15) is 270 Å². The fourth-order valence-corrected chi connectivity index (χ4v) is 18.7. The Kier molecular flexibility index (Phi) is 19.0. The maximum atomic E-state index is 9.96. The van der Waals surface area contributed by atoms with Crippen molar-refractivity contribution < 1.29 is 6.85 Å². The monoisotopic (exact) mass is 1610 g/mol. The van der Waals surface area contributed by atoms with Crippen molar-refractivity contribution in [3.63, 3.8) is 0 Å². The Labute approximate surface area is 740 Å². The van der Waals surface area contributed by atoms with Crippen molar-refractivity contribution in [3.8, 4) is 72.4 Å². The molecule has 2 aliphatic heterocycles. The van der Waals surface area contributed by atoms with Crippen LogP contribution in [-0.4, -0.2) is 11.3 Å². The fourth-order valence-electron chi connectivity index (χ4n) is 18.7. The molecule has 0 radical (unpaired) electrons. The average molecular weight is 1610 g/mol. The molecule has 0 unspecified atom stereocenters. The molecule has 0 aliphatic carbocycles. The maximum absolute atomic E-state index is 9.96. The highest BCUT2D eigenvalue weighted by atomic mass is 15.2. The fraction of sp³-hybridized carbons (Fsp3) is 0.339. The minimum atomic E-state index is -0.497. The highest BCUT2D eigenvalue weighted by Gasteiger charge is 2.47. The molecule has 14 aromatic rings. The third-order valence-electron chi connectivity index (χ3n) is 26.2. The van der Waals surface area contributed by atoms with Gasteiger partial charge in [0.2, 0.25) is 0 Å². The highest BCUT2D eigenvalue weighted by molar-refractivity contribution is 7.00. The van der Waals surface area contributed by atoms with E-state index in [1.807, 2.05) is 6.07 Å². The van der Waals surface area contributed by atoms with E-state index < -0.39 is 12.8 Å². The lowest BCUT2D eigenvalue weighted by Crippen LogP contribution is -2.61. The first-order chi connectivity index (χ1) is 58.9. The lowest BCUT2D eigenvalue weighted by atomic mass is 9.33. The summed E-state index contributed by atoms with van der Waals surface area (Å²) < 4.78 is 50.4. The number of rotatable bonds is 9. The second-order valence-electron chi connectivity index (χ2n) is 45.7. The van der Waals surface area contributed by atoms with Gasteiger partial charge < -0.3 is 14.4 Å². The SMILES string of the molecule is [2H]c1c([2H])c([2H])c(-c2ccc3c(c2)N(c2c(-c4ccc(C(C)(C)C)cc4)cccc2-c2ccc(C(C)(C)C)cc2C(C)(C)C)c2cc(-n4c5ccc(C(C)(C)C)cc5c5cc(C(C)(C)C)ccc54)cc4c2B3c2ccc(-c3cc(C(C)(C)C)cc(C(C)(C)C)c3)cc2N4c2c(-c3ccc(C(C)(C)C)cc3)cccc2-c2ccc(C(C)(C)C)cc2C(C)(C)C)c([2H])c1[2H]. The number of nitrogens with zero attached hydrogens (tertiary/aromatic N) is 3. The Morgan fingerprint density at radius 1 is 0.238 bits per heavy atom. The lowest BCUT2D eigenvalue weighted by molar-refractivity contribution is 0.568. The molecule has 0 spiro atoms. The van der Waals surface area contributed by atoms with E-state index in [0.717, 1.165) is 123 Å². The normalized spacial score (nSPS) is 14.3. The zero-order chi connectivity index (χ0) is 92.1. The van der Waals surface area contributed by atoms with Gasteiger partial charge in [0.15, 0.2) is 0 Å². The molecule has 3 heterocycles. The molecule has 0 N–H and O–H groups in total. The lowest BCUT2D eigenvalue weighted by Gasteiger charge is -2.46. The van der Waals surface area contributed by atoms with Crippen molar-refractivity contribution in [3.05, 3.63) is 310 Å². The van der Waals surface area contributed by atoms with Crippen LogP contribution in [0.2, 0.25) is 0 Å². The quantitative estimate of drug-likeness (QED) is 0.133. The molecule has 0 saturated carbocycles. The minimum absolute atomic E-state index is 0.126. The number of aromatic nitrogens is 1. The minimum Gasteiger partial charge on any atom is -0.310 e. The van der Waals surface area contributed by atoms with E-state index in [2.05, 4.69) is 440 Å². The third-order valence-corrected chi connectivity index (χ3v) is 26.2. The molecule has 0 fully saturated rings. The standard InChI is InChI=1S/C118H132BN3/c1-109(2,3)79-48-42-74(43-49-79)88-38-34-40-92(90-56-52-83(113(13,14)15)69-96(90)117(25,26)27)107(88)121-102-64-76(73-36-32-31-33-37-73)46-58-98(102)119-99-59-47-77(78-62-85(115(19,20)21)66-86(63-78)116(22,23)24)65-103(99)122(105-72-87(71-104(121)106(105)119)120-100-60-54-81(111(7,8)9)67-94(100)95-68-82(112(10,11)12)55-61-101(95)120)108-89(75-44-50-80(51-45-75)110(4,5)6)39-35-41-93(108)91-57-53-84(114(16,17)18)70-97(91)118(28,29)30/h31-72H,1-30H3/i31D,32D,33D,36D,37D. The van der Waals surface area contributed by atoms with E-state index in [1.54, 1.807) is 0 Å². The van der Waals surface area contributed by atoms with Gasteiger partial charge in [-0.1, -0.05) is 414 Å². The summed E-state index contributed by atoms with van der Waals surface area (Å²) >= 11 is 0. The Morgan fingerprint density at radius 2 is 0.566 bits per heavy atom. The molecule has 2 aliphatic rings. The van der Waals surface area contributed by atoms with Gasteiger partial charge in [-0.15, -0.1) is 0 Å². The molecular formula is C118H132BN3. The van der Waals surface area contributed by atoms with Crippen molar-refractivity contribution in [1.29, 1.82) is 0 Å². The number of hydrogen-bond donors (Lipinski definition) is 0. The van der Waals surface area contributed by atoms with Gasteiger partial charge >= 0.3 is 0 Å². The van der Waals surface area contributed by atoms with Gasteiger partial charge in [-0.05, 0) is 219 Å². The predicted molar refractivity (Wildman–Crippen MR) is 534 cm³/mol. The Morgan fingerprint density at radius 3 is 0.926 bits per heavy atom. The molecule has 0 amide bonds. The van der Waals surface area contributed by atoms with Gasteiger partial charge in [0.25, 0.3) is 6.71 Å². The number of benzene rings is 13. The van der Waals surface area contributed by atoms with Gasteiger partial charge in [0, 0.05) is 55.8 Å². The topological polar surface area (TPSA) is 11.4 Å². The summed E-state index contributed by atoms with van der Waals surface area (Å²) in [6.07, 6.45) is 0. The molecule has 4 heteroatoms. The molecule has 0 saturated heterocycles. The van der Waals surface area contributed by atoms with Gasteiger partial charge in [-0.3, -0.25) is 0 Å². The summed E-state index contributed by atoms with van der Waals surface area (Å²) in [5.41, 5.74) is 33.9. The van der Waals surface area contributed by atoms with Crippen molar-refractivity contribution in [2.24, 2.45) is 0 Å². The first kappa shape index (κ1) is 78.6. The number of fused-ring (bicyclic) bond motifs is 7. The summed E-state index contributed by atoms with van der Waals surface area (Å²) in [5.74, 6) is 0. The second kappa shape index (κ2) is 29.5. The molecular weight excluding hydrogens is 1470 g/mol.